The fraction of sp³-hybridized carbons (Fsp3) is 0.556. The van der Waals surface area contributed by atoms with E-state index in [9.17, 15) is 9.59 Å². The number of quaternary nitrogens is 1. The molecule has 1 heterocycles. The smallest absolute Gasteiger partial charge is 0.315 e. The van der Waals surface area contributed by atoms with E-state index in [2.05, 4.69) is 24.5 Å². The van der Waals surface area contributed by atoms with Crippen LogP contribution in [0.15, 0.2) is 24.3 Å². The molecule has 2 rings (SSSR count). The minimum Gasteiger partial charge on any atom is -0.497 e. The van der Waals surface area contributed by atoms with Gasteiger partial charge < -0.3 is 25.2 Å². The van der Waals surface area contributed by atoms with Crippen molar-refractivity contribution < 1.29 is 19.2 Å². The molecule has 0 unspecified atom stereocenters. The maximum absolute atomic E-state index is 12.3. The number of amides is 3. The van der Waals surface area contributed by atoms with Gasteiger partial charge in [-0.2, -0.15) is 0 Å². The second kappa shape index (κ2) is 9.27. The van der Waals surface area contributed by atoms with Crippen LogP contribution in [0.25, 0.3) is 0 Å². The van der Waals surface area contributed by atoms with Crippen LogP contribution in [-0.4, -0.2) is 57.8 Å². The van der Waals surface area contributed by atoms with Crippen molar-refractivity contribution in [1.29, 1.82) is 0 Å². The second-order valence-electron chi connectivity index (χ2n) is 6.21. The Morgan fingerprint density at radius 1 is 1.36 bits per heavy atom. The number of carbonyl (C=O) groups is 2. The van der Waals surface area contributed by atoms with Gasteiger partial charge in [0.1, 0.15) is 5.75 Å². The van der Waals surface area contributed by atoms with E-state index in [1.807, 2.05) is 24.3 Å². The average molecular weight is 349 g/mol. The topological polar surface area (TPSA) is 75.1 Å². The van der Waals surface area contributed by atoms with Crippen molar-refractivity contribution >= 4 is 17.6 Å². The number of methoxy groups -OCH3 is 1. The number of urea groups is 1. The van der Waals surface area contributed by atoms with Crippen molar-refractivity contribution in [1.82, 2.24) is 10.6 Å². The summed E-state index contributed by atoms with van der Waals surface area (Å²) >= 11 is 0. The first-order chi connectivity index (χ1) is 12.1. The summed E-state index contributed by atoms with van der Waals surface area (Å²) in [5, 5.41) is 5.77. The predicted molar refractivity (Wildman–Crippen MR) is 97.2 cm³/mol. The minimum atomic E-state index is -0.211. The summed E-state index contributed by atoms with van der Waals surface area (Å²) in [6.45, 7) is 8.37. The monoisotopic (exact) mass is 349 g/mol. The number of likely N-dealkylation sites (N-methyl/N-ethyl adjacent to an activating group) is 1. The molecule has 138 valence electrons. The first-order valence-corrected chi connectivity index (χ1v) is 8.89. The molecule has 0 aliphatic carbocycles. The van der Waals surface area contributed by atoms with Crippen LogP contribution in [0, 0.1) is 0 Å². The van der Waals surface area contributed by atoms with Gasteiger partial charge in [0.25, 0.3) is 0 Å². The lowest BCUT2D eigenvalue weighted by Gasteiger charge is -2.18. The third-order valence-corrected chi connectivity index (χ3v) is 4.59. The van der Waals surface area contributed by atoms with Crippen molar-refractivity contribution in [2.45, 2.75) is 26.3 Å². The fourth-order valence-corrected chi connectivity index (χ4v) is 3.02. The summed E-state index contributed by atoms with van der Waals surface area (Å²) in [6.07, 6.45) is 0.311. The number of hydrogen-bond donors (Lipinski definition) is 3. The maximum atomic E-state index is 12.3. The maximum Gasteiger partial charge on any atom is 0.315 e. The summed E-state index contributed by atoms with van der Waals surface area (Å²) < 4.78 is 5.20. The number of hydrogen-bond acceptors (Lipinski definition) is 3. The van der Waals surface area contributed by atoms with E-state index < -0.39 is 0 Å². The molecule has 1 fully saturated rings. The van der Waals surface area contributed by atoms with Gasteiger partial charge in [-0.15, -0.1) is 0 Å². The SMILES string of the molecule is CC[NH+](CC)CCNC(=O)N[C@@H]1CC(=O)N(c2cccc(OC)c2)C1. The highest BCUT2D eigenvalue weighted by Gasteiger charge is 2.31. The molecule has 3 amide bonds. The van der Waals surface area contributed by atoms with Gasteiger partial charge in [-0.1, -0.05) is 6.07 Å². The van der Waals surface area contributed by atoms with E-state index in [-0.39, 0.29) is 18.0 Å². The molecule has 1 aromatic carbocycles. The largest absolute Gasteiger partial charge is 0.497 e. The van der Waals surface area contributed by atoms with E-state index in [0.717, 1.165) is 25.3 Å². The van der Waals surface area contributed by atoms with Gasteiger partial charge in [0.15, 0.2) is 0 Å². The zero-order chi connectivity index (χ0) is 18.2. The summed E-state index contributed by atoms with van der Waals surface area (Å²) in [6, 6.07) is 7.00. The Balaban J connectivity index is 1.82. The number of benzene rings is 1. The average Bonchev–Trinajstić information content (AvgIpc) is 2.99. The van der Waals surface area contributed by atoms with Crippen molar-refractivity contribution in [3.63, 3.8) is 0 Å². The molecule has 0 aromatic heterocycles. The zero-order valence-corrected chi connectivity index (χ0v) is 15.3. The van der Waals surface area contributed by atoms with Gasteiger partial charge in [0, 0.05) is 24.7 Å². The summed E-state index contributed by atoms with van der Waals surface area (Å²) in [5.74, 6) is 0.712. The molecular weight excluding hydrogens is 320 g/mol. The van der Waals surface area contributed by atoms with Crippen LogP contribution < -0.4 is 25.2 Å². The lowest BCUT2D eigenvalue weighted by atomic mass is 10.2. The number of nitrogens with one attached hydrogen (secondary N) is 3. The number of carbonyl (C=O) groups excluding carboxylic acids is 2. The van der Waals surface area contributed by atoms with Crippen LogP contribution in [-0.2, 0) is 4.79 Å². The number of rotatable bonds is 8. The molecule has 25 heavy (non-hydrogen) atoms. The second-order valence-corrected chi connectivity index (χ2v) is 6.21. The van der Waals surface area contributed by atoms with E-state index in [1.54, 1.807) is 12.0 Å². The van der Waals surface area contributed by atoms with Gasteiger partial charge in [-0.25, -0.2) is 4.79 Å². The number of anilines is 1. The van der Waals surface area contributed by atoms with Crippen LogP contribution in [0.1, 0.15) is 20.3 Å². The van der Waals surface area contributed by atoms with Crippen LogP contribution in [0.2, 0.25) is 0 Å². The molecule has 1 aliphatic heterocycles. The van der Waals surface area contributed by atoms with E-state index in [0.29, 0.717) is 25.3 Å². The van der Waals surface area contributed by atoms with E-state index in [1.165, 1.54) is 4.90 Å². The standard InChI is InChI=1S/C18H28N4O3/c1-4-21(5-2)10-9-19-18(24)20-14-11-17(23)22(13-14)15-7-6-8-16(12-15)25-3/h6-8,12,14H,4-5,9-11,13H2,1-3H3,(H2,19,20,24)/p+1/t14-/m1/s1. The quantitative estimate of drug-likeness (QED) is 0.620. The summed E-state index contributed by atoms with van der Waals surface area (Å²) in [7, 11) is 1.60. The first kappa shape index (κ1) is 19.1. The van der Waals surface area contributed by atoms with Crippen molar-refractivity contribution in [3.05, 3.63) is 24.3 Å². The molecule has 0 radical (unpaired) electrons. The lowest BCUT2D eigenvalue weighted by molar-refractivity contribution is -0.895. The summed E-state index contributed by atoms with van der Waals surface area (Å²) in [4.78, 5) is 27.4. The first-order valence-electron chi connectivity index (χ1n) is 8.89. The van der Waals surface area contributed by atoms with Crippen LogP contribution in [0.5, 0.6) is 5.75 Å². The van der Waals surface area contributed by atoms with Crippen molar-refractivity contribution in [2.75, 3.05) is 44.7 Å². The third-order valence-electron chi connectivity index (χ3n) is 4.59. The summed E-state index contributed by atoms with van der Waals surface area (Å²) in [5.41, 5.74) is 0.791. The van der Waals surface area contributed by atoms with Gasteiger partial charge in [0.05, 0.1) is 39.3 Å². The Kier molecular flexibility index (Phi) is 7.06. The van der Waals surface area contributed by atoms with Gasteiger partial charge in [-0.05, 0) is 26.0 Å². The van der Waals surface area contributed by atoms with Crippen LogP contribution in [0.4, 0.5) is 10.5 Å². The van der Waals surface area contributed by atoms with Gasteiger partial charge in [-0.3, -0.25) is 4.79 Å². The van der Waals surface area contributed by atoms with E-state index >= 15 is 0 Å². The number of ether oxygens (including phenoxy) is 1. The highest BCUT2D eigenvalue weighted by atomic mass is 16.5. The van der Waals surface area contributed by atoms with Crippen molar-refractivity contribution in [3.8, 4) is 5.75 Å². The molecule has 1 atom stereocenters. The third kappa shape index (κ3) is 5.35. The predicted octanol–water partition coefficient (Wildman–Crippen LogP) is 0.0244. The number of nitrogens with zero attached hydrogens (tertiary/aromatic N) is 1. The Hall–Kier alpha value is -2.28. The molecule has 0 saturated carbocycles. The Bertz CT molecular complexity index is 589. The van der Waals surface area contributed by atoms with Gasteiger partial charge in [0.2, 0.25) is 5.91 Å². The minimum absolute atomic E-state index is 0.00568. The van der Waals surface area contributed by atoms with Crippen LogP contribution >= 0.6 is 0 Å². The Labute approximate surface area is 149 Å². The molecule has 0 spiro atoms. The van der Waals surface area contributed by atoms with Gasteiger partial charge >= 0.3 is 6.03 Å². The van der Waals surface area contributed by atoms with E-state index in [4.69, 9.17) is 4.74 Å². The Morgan fingerprint density at radius 2 is 2.12 bits per heavy atom. The molecular formula is C18H29N4O3+. The highest BCUT2D eigenvalue weighted by Crippen LogP contribution is 2.25. The molecule has 1 aliphatic rings. The molecule has 0 bridgehead atoms. The normalized spacial score (nSPS) is 17.0. The lowest BCUT2D eigenvalue weighted by Crippen LogP contribution is -3.12. The fourth-order valence-electron chi connectivity index (χ4n) is 3.02. The Morgan fingerprint density at radius 3 is 2.80 bits per heavy atom. The highest BCUT2D eigenvalue weighted by molar-refractivity contribution is 5.97. The zero-order valence-electron chi connectivity index (χ0n) is 15.3. The van der Waals surface area contributed by atoms with Crippen LogP contribution in [0.3, 0.4) is 0 Å². The molecule has 7 nitrogen and oxygen atoms in total. The molecule has 7 heteroatoms. The molecule has 1 aromatic rings. The van der Waals surface area contributed by atoms with Crippen molar-refractivity contribution in [2.24, 2.45) is 0 Å². The molecule has 3 N–H and O–H groups in total. The molecule has 1 saturated heterocycles.